The number of amides is 2. The van der Waals surface area contributed by atoms with E-state index < -0.39 is 10.8 Å². The number of carbonyl (C=O) groups excluding carboxylic acids is 1. The van der Waals surface area contributed by atoms with E-state index in [0.29, 0.717) is 11.4 Å². The monoisotopic (exact) mass is 330 g/mol. The van der Waals surface area contributed by atoms with E-state index in [-0.39, 0.29) is 12.1 Å². The highest BCUT2D eigenvalue weighted by molar-refractivity contribution is 7.84. The normalized spacial score (nSPS) is 13.1. The third kappa shape index (κ3) is 5.53. The largest absolute Gasteiger partial charge is 0.335 e. The second kappa shape index (κ2) is 8.48. The van der Waals surface area contributed by atoms with Crippen LogP contribution in [0.15, 0.2) is 59.5 Å². The quantitative estimate of drug-likeness (QED) is 0.843. The van der Waals surface area contributed by atoms with Crippen LogP contribution in [0.2, 0.25) is 0 Å². The lowest BCUT2D eigenvalue weighted by Gasteiger charge is -2.13. The fourth-order valence-electron chi connectivity index (χ4n) is 2.04. The van der Waals surface area contributed by atoms with E-state index in [0.717, 1.165) is 16.9 Å². The molecule has 2 aromatic rings. The summed E-state index contributed by atoms with van der Waals surface area (Å²) < 4.78 is 12.3. The van der Waals surface area contributed by atoms with Gasteiger partial charge in [-0.3, -0.25) is 4.21 Å². The fraction of sp³-hybridized carbons (Fsp3) is 0.278. The Morgan fingerprint density at radius 2 is 1.87 bits per heavy atom. The second-order valence-electron chi connectivity index (χ2n) is 5.41. The molecule has 2 amide bonds. The van der Waals surface area contributed by atoms with Gasteiger partial charge in [0, 0.05) is 16.6 Å². The van der Waals surface area contributed by atoms with Crippen molar-refractivity contribution in [1.82, 2.24) is 5.32 Å². The zero-order valence-electron chi connectivity index (χ0n) is 13.4. The van der Waals surface area contributed by atoms with Crippen molar-refractivity contribution in [3.63, 3.8) is 0 Å². The van der Waals surface area contributed by atoms with Gasteiger partial charge < -0.3 is 10.6 Å². The molecule has 0 heterocycles. The maximum atomic E-state index is 12.3. The average Bonchev–Trinajstić information content (AvgIpc) is 2.55. The molecule has 0 aliphatic rings. The van der Waals surface area contributed by atoms with Crippen LogP contribution in [0.5, 0.6) is 0 Å². The van der Waals surface area contributed by atoms with E-state index in [9.17, 15) is 9.00 Å². The molecule has 0 bridgehead atoms. The molecular formula is C18H22N2O2S. The lowest BCUT2D eigenvalue weighted by molar-refractivity contribution is 0.249. The van der Waals surface area contributed by atoms with Gasteiger partial charge in [-0.05, 0) is 43.2 Å². The van der Waals surface area contributed by atoms with Gasteiger partial charge in [0.2, 0.25) is 0 Å². The zero-order chi connectivity index (χ0) is 16.7. The highest BCUT2D eigenvalue weighted by Gasteiger charge is 2.08. The van der Waals surface area contributed by atoms with Crippen molar-refractivity contribution < 1.29 is 9.00 Å². The van der Waals surface area contributed by atoms with Crippen molar-refractivity contribution >= 4 is 22.5 Å². The summed E-state index contributed by atoms with van der Waals surface area (Å²) in [6, 6.07) is 16.7. The lowest BCUT2D eigenvalue weighted by atomic mass is 10.2. The minimum absolute atomic E-state index is 0.128. The van der Waals surface area contributed by atoms with Crippen molar-refractivity contribution in [3.8, 4) is 0 Å². The van der Waals surface area contributed by atoms with Crippen molar-refractivity contribution in [2.45, 2.75) is 37.0 Å². The van der Waals surface area contributed by atoms with Crippen LogP contribution < -0.4 is 10.6 Å². The highest BCUT2D eigenvalue weighted by Crippen LogP contribution is 2.16. The van der Waals surface area contributed by atoms with Crippen LogP contribution in [0, 0.1) is 0 Å². The Labute approximate surface area is 139 Å². The van der Waals surface area contributed by atoms with Gasteiger partial charge in [-0.2, -0.15) is 0 Å². The molecule has 122 valence electrons. The minimum Gasteiger partial charge on any atom is -0.335 e. The maximum absolute atomic E-state index is 12.3. The molecule has 0 spiro atoms. The molecule has 0 fully saturated rings. The van der Waals surface area contributed by atoms with E-state index in [4.69, 9.17) is 0 Å². The summed E-state index contributed by atoms with van der Waals surface area (Å²) in [6.45, 7) is 3.98. The first-order chi connectivity index (χ1) is 11.1. The Morgan fingerprint density at radius 1 is 1.13 bits per heavy atom. The average molecular weight is 330 g/mol. The molecule has 4 nitrogen and oxygen atoms in total. The number of urea groups is 1. The van der Waals surface area contributed by atoms with E-state index in [1.807, 2.05) is 68.4 Å². The molecule has 5 heteroatoms. The van der Waals surface area contributed by atoms with Gasteiger partial charge in [0.05, 0.1) is 16.6 Å². The Balaban J connectivity index is 2.00. The predicted molar refractivity (Wildman–Crippen MR) is 94.9 cm³/mol. The standard InChI is InChI=1S/C18H22N2O2S/c1-3-14(2)19-18(21)20-16-9-7-8-15(12-16)13-23(22)17-10-5-4-6-11-17/h4-12,14H,3,13H2,1-2H3,(H2,19,20,21)/t14-,23+/m1/s1. The molecule has 0 aliphatic carbocycles. The number of carbonyl (C=O) groups is 1. The lowest BCUT2D eigenvalue weighted by Crippen LogP contribution is -2.35. The summed E-state index contributed by atoms with van der Waals surface area (Å²) in [7, 11) is -1.09. The molecule has 2 N–H and O–H groups in total. The van der Waals surface area contributed by atoms with Crippen LogP contribution >= 0.6 is 0 Å². The number of hydrogen-bond donors (Lipinski definition) is 2. The third-order valence-electron chi connectivity index (χ3n) is 3.48. The molecule has 0 unspecified atom stereocenters. The van der Waals surface area contributed by atoms with Gasteiger partial charge >= 0.3 is 6.03 Å². The van der Waals surface area contributed by atoms with Crippen molar-refractivity contribution in [1.29, 1.82) is 0 Å². The number of rotatable bonds is 6. The van der Waals surface area contributed by atoms with Crippen LogP contribution in [-0.4, -0.2) is 16.3 Å². The van der Waals surface area contributed by atoms with Gasteiger partial charge in [0.1, 0.15) is 0 Å². The first-order valence-electron chi connectivity index (χ1n) is 7.68. The number of anilines is 1. The third-order valence-corrected chi connectivity index (χ3v) is 4.87. The van der Waals surface area contributed by atoms with Crippen molar-refractivity contribution in [2.24, 2.45) is 0 Å². The van der Waals surface area contributed by atoms with Gasteiger partial charge in [-0.15, -0.1) is 0 Å². The van der Waals surface area contributed by atoms with Crippen molar-refractivity contribution in [2.75, 3.05) is 5.32 Å². The van der Waals surface area contributed by atoms with E-state index >= 15 is 0 Å². The van der Waals surface area contributed by atoms with Gasteiger partial charge in [0.25, 0.3) is 0 Å². The molecule has 23 heavy (non-hydrogen) atoms. The fourth-order valence-corrected chi connectivity index (χ4v) is 3.15. The Hall–Kier alpha value is -2.14. The SMILES string of the molecule is CC[C@@H](C)NC(=O)Nc1cccc(C[S@](=O)c2ccccc2)c1. The Morgan fingerprint density at radius 3 is 2.57 bits per heavy atom. The van der Waals surface area contributed by atoms with Gasteiger partial charge in [-0.1, -0.05) is 37.3 Å². The molecule has 2 rings (SSSR count). The maximum Gasteiger partial charge on any atom is 0.319 e. The number of hydrogen-bond acceptors (Lipinski definition) is 2. The molecule has 0 saturated carbocycles. The summed E-state index contributed by atoms with van der Waals surface area (Å²) >= 11 is 0. The smallest absolute Gasteiger partial charge is 0.319 e. The minimum atomic E-state index is -1.09. The van der Waals surface area contributed by atoms with Crippen LogP contribution in [0.4, 0.5) is 10.5 Å². The molecule has 0 aromatic heterocycles. The first-order valence-corrected chi connectivity index (χ1v) is 9.00. The predicted octanol–water partition coefficient (Wildman–Crippen LogP) is 3.91. The topological polar surface area (TPSA) is 58.2 Å². The number of nitrogens with one attached hydrogen (secondary N) is 2. The van der Waals surface area contributed by atoms with Crippen molar-refractivity contribution in [3.05, 3.63) is 60.2 Å². The summed E-state index contributed by atoms with van der Waals surface area (Å²) in [6.07, 6.45) is 0.878. The van der Waals surface area contributed by atoms with E-state index in [1.54, 1.807) is 0 Å². The summed E-state index contributed by atoms with van der Waals surface area (Å²) in [4.78, 5) is 12.7. The molecular weight excluding hydrogens is 308 g/mol. The number of benzene rings is 2. The highest BCUT2D eigenvalue weighted by atomic mass is 32.2. The summed E-state index contributed by atoms with van der Waals surface area (Å²) in [5.74, 6) is 0.423. The van der Waals surface area contributed by atoms with Crippen LogP contribution in [0.1, 0.15) is 25.8 Å². The summed E-state index contributed by atoms with van der Waals surface area (Å²) in [5, 5.41) is 5.67. The van der Waals surface area contributed by atoms with E-state index in [1.165, 1.54) is 0 Å². The van der Waals surface area contributed by atoms with Gasteiger partial charge in [0.15, 0.2) is 0 Å². The Bertz CT molecular complexity index is 674. The molecule has 2 atom stereocenters. The van der Waals surface area contributed by atoms with E-state index in [2.05, 4.69) is 10.6 Å². The van der Waals surface area contributed by atoms with Crippen LogP contribution in [0.25, 0.3) is 0 Å². The van der Waals surface area contributed by atoms with Crippen LogP contribution in [0.3, 0.4) is 0 Å². The molecule has 0 saturated heterocycles. The van der Waals surface area contributed by atoms with Gasteiger partial charge in [-0.25, -0.2) is 4.79 Å². The summed E-state index contributed by atoms with van der Waals surface area (Å²) in [5.41, 5.74) is 1.63. The van der Waals surface area contributed by atoms with Crippen LogP contribution in [-0.2, 0) is 16.6 Å². The second-order valence-corrected chi connectivity index (χ2v) is 6.86. The molecule has 2 aromatic carbocycles. The molecule has 0 radical (unpaired) electrons. The zero-order valence-corrected chi connectivity index (χ0v) is 14.2. The Kier molecular flexibility index (Phi) is 6.35. The molecule has 0 aliphatic heterocycles. The first kappa shape index (κ1) is 17.2.